The average Bonchev–Trinajstić information content (AvgIpc) is 3.33. The standard InChI is InChI=1S/C21H27N5O3S.ClH/c1-15-13-18(24(2)23-15)20(27)26(8-4-7-25-9-11-29-12-10-25)21-22-17-6-5-16(28-3)14-19(17)30-21;/h5-6,13-14H,4,7-12H2,1-3H3;1H. The number of methoxy groups -OCH3 is 1. The number of nitrogens with zero attached hydrogens (tertiary/aromatic N) is 5. The topological polar surface area (TPSA) is 72.7 Å². The van der Waals surface area contributed by atoms with Gasteiger partial charge in [-0.05, 0) is 37.6 Å². The molecule has 1 aromatic carbocycles. The van der Waals surface area contributed by atoms with E-state index < -0.39 is 0 Å². The molecule has 0 saturated carbocycles. The number of thiazole rings is 1. The molecule has 0 bridgehead atoms. The van der Waals surface area contributed by atoms with Crippen LogP contribution in [0.1, 0.15) is 22.6 Å². The predicted molar refractivity (Wildman–Crippen MR) is 125 cm³/mol. The van der Waals surface area contributed by atoms with Crippen LogP contribution in [0.5, 0.6) is 5.75 Å². The number of ether oxygens (including phenoxy) is 2. The summed E-state index contributed by atoms with van der Waals surface area (Å²) >= 11 is 1.51. The van der Waals surface area contributed by atoms with Gasteiger partial charge in [-0.25, -0.2) is 4.98 Å². The molecule has 168 valence electrons. The van der Waals surface area contributed by atoms with Crippen LogP contribution in [0.4, 0.5) is 5.13 Å². The number of aryl methyl sites for hydroxylation is 2. The maximum Gasteiger partial charge on any atom is 0.278 e. The van der Waals surface area contributed by atoms with Crippen molar-refractivity contribution in [2.45, 2.75) is 13.3 Å². The van der Waals surface area contributed by atoms with Gasteiger partial charge >= 0.3 is 0 Å². The number of fused-ring (bicyclic) bond motifs is 1. The minimum Gasteiger partial charge on any atom is -0.497 e. The van der Waals surface area contributed by atoms with Crippen LogP contribution < -0.4 is 9.64 Å². The number of anilines is 1. The smallest absolute Gasteiger partial charge is 0.278 e. The first-order chi connectivity index (χ1) is 14.5. The third-order valence-corrected chi connectivity index (χ3v) is 6.28. The van der Waals surface area contributed by atoms with Gasteiger partial charge in [0.2, 0.25) is 0 Å². The van der Waals surface area contributed by atoms with E-state index in [1.54, 1.807) is 23.7 Å². The van der Waals surface area contributed by atoms with E-state index in [0.29, 0.717) is 17.4 Å². The van der Waals surface area contributed by atoms with Crippen molar-refractivity contribution in [3.05, 3.63) is 35.7 Å². The number of morpholine rings is 1. The molecule has 1 aliphatic heterocycles. The second-order valence-electron chi connectivity index (χ2n) is 7.39. The van der Waals surface area contributed by atoms with Gasteiger partial charge in [0.15, 0.2) is 5.13 Å². The van der Waals surface area contributed by atoms with Crippen molar-refractivity contribution in [1.82, 2.24) is 19.7 Å². The molecule has 10 heteroatoms. The first-order valence-corrected chi connectivity index (χ1v) is 10.9. The second kappa shape index (κ2) is 10.4. The first-order valence-electron chi connectivity index (χ1n) is 10.1. The molecule has 0 aliphatic carbocycles. The summed E-state index contributed by atoms with van der Waals surface area (Å²) in [6.07, 6.45) is 0.863. The molecule has 1 fully saturated rings. The molecular formula is C21H28ClN5O3S. The van der Waals surface area contributed by atoms with Crippen LogP contribution >= 0.6 is 23.7 Å². The van der Waals surface area contributed by atoms with Crippen molar-refractivity contribution in [3.8, 4) is 5.75 Å². The van der Waals surface area contributed by atoms with E-state index in [0.717, 1.165) is 60.9 Å². The Kier molecular flexibility index (Phi) is 7.88. The van der Waals surface area contributed by atoms with Gasteiger partial charge in [0.25, 0.3) is 5.91 Å². The number of carbonyl (C=O) groups is 1. The number of hydrogen-bond donors (Lipinski definition) is 0. The highest BCUT2D eigenvalue weighted by Gasteiger charge is 2.24. The van der Waals surface area contributed by atoms with Gasteiger partial charge in [0.05, 0.1) is 36.2 Å². The molecule has 3 aromatic rings. The molecule has 0 spiro atoms. The Morgan fingerprint density at radius 3 is 2.74 bits per heavy atom. The van der Waals surface area contributed by atoms with Crippen molar-refractivity contribution in [3.63, 3.8) is 0 Å². The number of benzene rings is 1. The summed E-state index contributed by atoms with van der Waals surface area (Å²) < 4.78 is 13.4. The molecule has 0 N–H and O–H groups in total. The number of aromatic nitrogens is 3. The minimum absolute atomic E-state index is 0. The SMILES string of the molecule is COc1ccc2nc(N(CCCN3CCOCC3)C(=O)c3cc(C)nn3C)sc2c1.Cl. The second-order valence-corrected chi connectivity index (χ2v) is 8.40. The van der Waals surface area contributed by atoms with Crippen molar-refractivity contribution in [2.24, 2.45) is 7.05 Å². The highest BCUT2D eigenvalue weighted by molar-refractivity contribution is 7.22. The highest BCUT2D eigenvalue weighted by Crippen LogP contribution is 2.32. The van der Waals surface area contributed by atoms with Gasteiger partial charge in [0, 0.05) is 33.2 Å². The fraction of sp³-hybridized carbons (Fsp3) is 0.476. The van der Waals surface area contributed by atoms with Gasteiger partial charge in [-0.1, -0.05) is 11.3 Å². The average molecular weight is 466 g/mol. The summed E-state index contributed by atoms with van der Waals surface area (Å²) in [7, 11) is 3.45. The van der Waals surface area contributed by atoms with E-state index in [9.17, 15) is 4.79 Å². The number of rotatable bonds is 7. The molecular weight excluding hydrogens is 438 g/mol. The number of carbonyl (C=O) groups excluding carboxylic acids is 1. The Morgan fingerprint density at radius 2 is 2.06 bits per heavy atom. The number of halogens is 1. The Labute approximate surface area is 192 Å². The summed E-state index contributed by atoms with van der Waals surface area (Å²) in [5.74, 6) is 0.705. The van der Waals surface area contributed by atoms with Crippen LogP contribution in [0.3, 0.4) is 0 Å². The summed E-state index contributed by atoms with van der Waals surface area (Å²) in [6.45, 7) is 6.84. The van der Waals surface area contributed by atoms with Crippen LogP contribution in [0.25, 0.3) is 10.2 Å². The van der Waals surface area contributed by atoms with E-state index in [4.69, 9.17) is 14.5 Å². The fourth-order valence-corrected chi connectivity index (χ4v) is 4.66. The molecule has 4 rings (SSSR count). The van der Waals surface area contributed by atoms with E-state index in [-0.39, 0.29) is 18.3 Å². The Morgan fingerprint density at radius 1 is 1.29 bits per heavy atom. The third-order valence-electron chi connectivity index (χ3n) is 5.24. The van der Waals surface area contributed by atoms with Crippen LogP contribution in [0.15, 0.2) is 24.3 Å². The lowest BCUT2D eigenvalue weighted by Gasteiger charge is -2.27. The quantitative estimate of drug-likeness (QED) is 0.533. The Hall–Kier alpha value is -2.20. The molecule has 0 atom stereocenters. The first kappa shape index (κ1) is 23.5. The lowest BCUT2D eigenvalue weighted by Crippen LogP contribution is -2.39. The van der Waals surface area contributed by atoms with Crippen molar-refractivity contribution in [1.29, 1.82) is 0 Å². The zero-order valence-electron chi connectivity index (χ0n) is 18.0. The lowest BCUT2D eigenvalue weighted by molar-refractivity contribution is 0.0376. The van der Waals surface area contributed by atoms with Gasteiger partial charge in [0.1, 0.15) is 11.4 Å². The molecule has 31 heavy (non-hydrogen) atoms. The van der Waals surface area contributed by atoms with E-state index >= 15 is 0 Å². The van der Waals surface area contributed by atoms with Gasteiger partial charge in [-0.15, -0.1) is 12.4 Å². The summed E-state index contributed by atoms with van der Waals surface area (Å²) in [6, 6.07) is 7.61. The Balaban J connectivity index is 0.00000272. The maximum atomic E-state index is 13.4. The Bertz CT molecular complexity index is 1030. The normalized spacial score (nSPS) is 14.4. The van der Waals surface area contributed by atoms with E-state index in [1.165, 1.54) is 11.3 Å². The van der Waals surface area contributed by atoms with Crippen molar-refractivity contribution >= 4 is 45.0 Å². The predicted octanol–water partition coefficient (Wildman–Crippen LogP) is 3.14. The molecule has 0 radical (unpaired) electrons. The van der Waals surface area contributed by atoms with E-state index in [2.05, 4.69) is 10.00 Å². The minimum atomic E-state index is -0.0777. The van der Waals surface area contributed by atoms with Gasteiger partial charge in [-0.3, -0.25) is 19.3 Å². The molecule has 8 nitrogen and oxygen atoms in total. The number of hydrogen-bond acceptors (Lipinski definition) is 7. The van der Waals surface area contributed by atoms with Gasteiger partial charge in [-0.2, -0.15) is 5.10 Å². The zero-order chi connectivity index (χ0) is 21.1. The zero-order valence-corrected chi connectivity index (χ0v) is 19.7. The maximum absolute atomic E-state index is 13.4. The van der Waals surface area contributed by atoms with Crippen LogP contribution in [0, 0.1) is 6.92 Å². The van der Waals surface area contributed by atoms with Gasteiger partial charge < -0.3 is 9.47 Å². The molecule has 1 amide bonds. The van der Waals surface area contributed by atoms with Crippen LogP contribution in [0.2, 0.25) is 0 Å². The molecule has 1 aliphatic rings. The lowest BCUT2D eigenvalue weighted by atomic mass is 10.3. The van der Waals surface area contributed by atoms with E-state index in [1.807, 2.05) is 31.2 Å². The third kappa shape index (κ3) is 5.35. The number of amides is 1. The van der Waals surface area contributed by atoms with Crippen LogP contribution in [-0.4, -0.2) is 72.1 Å². The van der Waals surface area contributed by atoms with Crippen molar-refractivity contribution < 1.29 is 14.3 Å². The van der Waals surface area contributed by atoms with Crippen molar-refractivity contribution in [2.75, 3.05) is 51.4 Å². The fourth-order valence-electron chi connectivity index (χ4n) is 3.65. The largest absolute Gasteiger partial charge is 0.497 e. The summed E-state index contributed by atoms with van der Waals surface area (Å²) in [5, 5.41) is 5.04. The monoisotopic (exact) mass is 465 g/mol. The molecule has 2 aromatic heterocycles. The van der Waals surface area contributed by atoms with Crippen LogP contribution in [-0.2, 0) is 11.8 Å². The summed E-state index contributed by atoms with van der Waals surface area (Å²) in [4.78, 5) is 22.3. The highest BCUT2D eigenvalue weighted by atomic mass is 35.5. The molecule has 0 unspecified atom stereocenters. The molecule has 1 saturated heterocycles. The summed E-state index contributed by atoms with van der Waals surface area (Å²) in [5.41, 5.74) is 2.25. The molecule has 3 heterocycles.